The third kappa shape index (κ3) is 2.07. The van der Waals surface area contributed by atoms with Crippen LogP contribution in [-0.2, 0) is 7.05 Å². The van der Waals surface area contributed by atoms with Gasteiger partial charge in [0.15, 0.2) is 0 Å². The summed E-state index contributed by atoms with van der Waals surface area (Å²) in [7, 11) is 1.98. The number of para-hydroxylation sites is 1. The molecule has 0 saturated heterocycles. The van der Waals surface area contributed by atoms with Crippen LogP contribution in [0.4, 0.5) is 10.1 Å². The summed E-state index contributed by atoms with van der Waals surface area (Å²) in [6.45, 7) is 1.78. The average molecular weight is 344 g/mol. The van der Waals surface area contributed by atoms with Crippen molar-refractivity contribution < 1.29 is 4.39 Å². The molecule has 1 unspecified atom stereocenters. The number of nitrogens with one attached hydrogen (secondary N) is 1. The molecule has 1 atom stereocenters. The van der Waals surface area contributed by atoms with Crippen molar-refractivity contribution in [3.63, 3.8) is 0 Å². The van der Waals surface area contributed by atoms with E-state index >= 15 is 0 Å². The lowest BCUT2D eigenvalue weighted by Crippen LogP contribution is -2.12. The fourth-order valence-corrected chi connectivity index (χ4v) is 3.77. The molecule has 2 aromatic heterocycles. The van der Waals surface area contributed by atoms with Crippen molar-refractivity contribution in [2.24, 2.45) is 7.05 Å². The summed E-state index contributed by atoms with van der Waals surface area (Å²) in [5.74, 6) is -0.196. The van der Waals surface area contributed by atoms with Crippen LogP contribution >= 0.6 is 0 Å². The van der Waals surface area contributed by atoms with Crippen molar-refractivity contribution in [3.8, 4) is 11.3 Å². The van der Waals surface area contributed by atoms with E-state index < -0.39 is 0 Å². The lowest BCUT2D eigenvalue weighted by Gasteiger charge is -2.20. The van der Waals surface area contributed by atoms with Crippen LogP contribution in [0.1, 0.15) is 22.7 Å². The summed E-state index contributed by atoms with van der Waals surface area (Å²) >= 11 is 0. The maximum Gasteiger partial charge on any atom is 0.144 e. The Hall–Kier alpha value is -3.21. The van der Waals surface area contributed by atoms with Gasteiger partial charge in [0.1, 0.15) is 17.8 Å². The van der Waals surface area contributed by atoms with E-state index in [0.29, 0.717) is 5.56 Å². The van der Waals surface area contributed by atoms with E-state index in [9.17, 15) is 4.39 Å². The highest BCUT2D eigenvalue weighted by molar-refractivity contribution is 5.99. The van der Waals surface area contributed by atoms with Crippen molar-refractivity contribution in [1.82, 2.24) is 14.5 Å². The minimum Gasteiger partial charge on any atom is -0.374 e. The van der Waals surface area contributed by atoms with E-state index in [4.69, 9.17) is 0 Å². The van der Waals surface area contributed by atoms with Crippen LogP contribution in [0.5, 0.6) is 0 Å². The number of hydrogen-bond acceptors (Lipinski definition) is 3. The Bertz CT molecular complexity index is 1160. The highest BCUT2D eigenvalue weighted by Crippen LogP contribution is 2.43. The normalized spacial score (nSPS) is 15.4. The molecule has 0 spiro atoms. The van der Waals surface area contributed by atoms with E-state index in [2.05, 4.69) is 27.5 Å². The number of halogens is 1. The van der Waals surface area contributed by atoms with E-state index in [1.165, 1.54) is 0 Å². The van der Waals surface area contributed by atoms with Gasteiger partial charge in [-0.15, -0.1) is 0 Å². The van der Waals surface area contributed by atoms with Gasteiger partial charge in [-0.25, -0.2) is 14.4 Å². The summed E-state index contributed by atoms with van der Waals surface area (Å²) in [5.41, 5.74) is 6.37. The summed E-state index contributed by atoms with van der Waals surface area (Å²) < 4.78 is 16.3. The largest absolute Gasteiger partial charge is 0.374 e. The molecule has 1 N–H and O–H groups in total. The molecule has 5 heteroatoms. The Balaban J connectivity index is 1.85. The predicted octanol–water partition coefficient (Wildman–Crippen LogP) is 4.60. The number of anilines is 1. The Morgan fingerprint density at radius 2 is 1.96 bits per heavy atom. The van der Waals surface area contributed by atoms with Gasteiger partial charge in [0.25, 0.3) is 0 Å². The molecule has 4 nitrogen and oxygen atoms in total. The third-order valence-electron chi connectivity index (χ3n) is 5.11. The lowest BCUT2D eigenvalue weighted by atomic mass is 9.97. The van der Waals surface area contributed by atoms with Gasteiger partial charge >= 0.3 is 0 Å². The average Bonchev–Trinajstić information content (AvgIpc) is 2.91. The molecular formula is C21H17FN4. The zero-order chi connectivity index (χ0) is 17.8. The molecule has 0 radical (unpaired) electrons. The summed E-state index contributed by atoms with van der Waals surface area (Å²) in [6, 6.07) is 13.3. The number of rotatable bonds is 1. The standard InChI is InChI=1S/C21H17FN4/c1-12-7-8-13(9-16(12)22)19-15-10-26(2)21-18(15)20(23-11-24-21)14-5-3-4-6-17(14)25-19/h3-11,19,25H,1-2H3. The van der Waals surface area contributed by atoms with E-state index in [1.54, 1.807) is 19.3 Å². The number of hydrogen-bond donors (Lipinski definition) is 1. The SMILES string of the molecule is Cc1ccc(C2Nc3ccccc3-c3ncnc4c3c2cn4C)cc1F. The molecule has 0 bridgehead atoms. The second-order valence-electron chi connectivity index (χ2n) is 6.75. The van der Waals surface area contributed by atoms with E-state index in [0.717, 1.165) is 39.1 Å². The maximum absolute atomic E-state index is 14.3. The smallest absolute Gasteiger partial charge is 0.144 e. The lowest BCUT2D eigenvalue weighted by molar-refractivity contribution is 0.615. The first kappa shape index (κ1) is 15.1. The van der Waals surface area contributed by atoms with Crippen LogP contribution in [0, 0.1) is 12.7 Å². The Morgan fingerprint density at radius 3 is 2.81 bits per heavy atom. The number of aromatic nitrogens is 3. The molecule has 0 fully saturated rings. The maximum atomic E-state index is 14.3. The Labute approximate surface area is 150 Å². The van der Waals surface area contributed by atoms with Crippen molar-refractivity contribution in [3.05, 3.63) is 77.5 Å². The second kappa shape index (κ2) is 5.39. The molecule has 4 aromatic rings. The van der Waals surface area contributed by atoms with Gasteiger partial charge in [-0.1, -0.05) is 30.3 Å². The number of nitrogens with zero attached hydrogens (tertiary/aromatic N) is 3. The van der Waals surface area contributed by atoms with Crippen LogP contribution in [0.25, 0.3) is 22.3 Å². The van der Waals surface area contributed by atoms with Crippen molar-refractivity contribution in [2.75, 3.05) is 5.32 Å². The second-order valence-corrected chi connectivity index (χ2v) is 6.75. The van der Waals surface area contributed by atoms with Gasteiger partial charge in [0.05, 0.1) is 17.1 Å². The minimum atomic E-state index is -0.196. The molecule has 0 saturated carbocycles. The van der Waals surface area contributed by atoms with Crippen LogP contribution in [0.3, 0.4) is 0 Å². The fraction of sp³-hybridized carbons (Fsp3) is 0.143. The fourth-order valence-electron chi connectivity index (χ4n) is 3.77. The monoisotopic (exact) mass is 344 g/mol. The van der Waals surface area contributed by atoms with Crippen LogP contribution in [0.15, 0.2) is 55.0 Å². The summed E-state index contributed by atoms with van der Waals surface area (Å²) in [5, 5.41) is 4.61. The van der Waals surface area contributed by atoms with Gasteiger partial charge in [-0.3, -0.25) is 0 Å². The van der Waals surface area contributed by atoms with Crippen LogP contribution in [0.2, 0.25) is 0 Å². The first-order valence-corrected chi connectivity index (χ1v) is 8.55. The Morgan fingerprint density at radius 1 is 1.12 bits per heavy atom. The van der Waals surface area contributed by atoms with Gasteiger partial charge in [0, 0.05) is 30.1 Å². The molecule has 3 heterocycles. The highest BCUT2D eigenvalue weighted by atomic mass is 19.1. The van der Waals surface area contributed by atoms with Gasteiger partial charge in [0.2, 0.25) is 0 Å². The highest BCUT2D eigenvalue weighted by Gasteiger charge is 2.27. The molecule has 5 rings (SSSR count). The minimum absolute atomic E-state index is 0.179. The topological polar surface area (TPSA) is 42.7 Å². The number of benzene rings is 2. The summed E-state index contributed by atoms with van der Waals surface area (Å²) in [4.78, 5) is 9.04. The van der Waals surface area contributed by atoms with Crippen molar-refractivity contribution in [2.45, 2.75) is 13.0 Å². The molecule has 1 aliphatic heterocycles. The molecule has 0 aliphatic carbocycles. The molecule has 2 aromatic carbocycles. The van der Waals surface area contributed by atoms with E-state index in [1.807, 2.05) is 41.9 Å². The quantitative estimate of drug-likeness (QED) is 0.549. The number of fused-ring (bicyclic) bond motifs is 2. The van der Waals surface area contributed by atoms with Crippen LogP contribution < -0.4 is 5.32 Å². The Kier molecular flexibility index (Phi) is 3.13. The van der Waals surface area contributed by atoms with E-state index in [-0.39, 0.29) is 11.9 Å². The first-order valence-electron chi connectivity index (χ1n) is 8.55. The predicted molar refractivity (Wildman–Crippen MR) is 101 cm³/mol. The van der Waals surface area contributed by atoms with Gasteiger partial charge in [-0.05, 0) is 30.2 Å². The zero-order valence-corrected chi connectivity index (χ0v) is 14.5. The van der Waals surface area contributed by atoms with Crippen LogP contribution in [-0.4, -0.2) is 14.5 Å². The number of aryl methyl sites for hydroxylation is 2. The third-order valence-corrected chi connectivity index (χ3v) is 5.11. The zero-order valence-electron chi connectivity index (χ0n) is 14.5. The molecule has 128 valence electrons. The molecule has 0 amide bonds. The summed E-state index contributed by atoms with van der Waals surface area (Å²) in [6.07, 6.45) is 3.66. The molecular weight excluding hydrogens is 327 g/mol. The molecule has 1 aliphatic rings. The van der Waals surface area contributed by atoms with Crippen molar-refractivity contribution in [1.29, 1.82) is 0 Å². The molecule has 26 heavy (non-hydrogen) atoms. The first-order chi connectivity index (χ1) is 12.6. The van der Waals surface area contributed by atoms with Gasteiger partial charge < -0.3 is 9.88 Å². The van der Waals surface area contributed by atoms with Gasteiger partial charge in [-0.2, -0.15) is 0 Å². The van der Waals surface area contributed by atoms with Crippen molar-refractivity contribution >= 4 is 16.7 Å².